The van der Waals surface area contributed by atoms with Crippen molar-refractivity contribution < 1.29 is 0 Å². The molecule has 0 bridgehead atoms. The van der Waals surface area contributed by atoms with Gasteiger partial charge in [0.2, 0.25) is 0 Å². The number of pyridine rings is 1. The van der Waals surface area contributed by atoms with Gasteiger partial charge in [0.1, 0.15) is 5.82 Å². The van der Waals surface area contributed by atoms with Crippen LogP contribution in [0.15, 0.2) is 24.3 Å². The van der Waals surface area contributed by atoms with Crippen molar-refractivity contribution in [2.24, 2.45) is 0 Å². The summed E-state index contributed by atoms with van der Waals surface area (Å²) in [6.07, 6.45) is 2.04. The molecule has 0 unspecified atom stereocenters. The molecule has 0 aliphatic rings. The molecule has 2 heteroatoms. The lowest BCUT2D eigenvalue weighted by Crippen LogP contribution is -1.99. The van der Waals surface area contributed by atoms with Gasteiger partial charge in [-0.3, -0.25) is 0 Å². The quantitative estimate of drug-likeness (QED) is 0.847. The number of hydrogen-bond donors (Lipinski definition) is 1. The molecule has 2 aromatic rings. The van der Waals surface area contributed by atoms with E-state index in [1.54, 1.807) is 0 Å². The standard InChI is InChI=1S/C14H18N2/c1-4-10-7-6-8-12-9-11(5-2)14(15-3)16-13(10)12/h6-9H,4-5H2,1-3H3,(H,15,16). The molecule has 0 spiro atoms. The number of hydrogen-bond acceptors (Lipinski definition) is 2. The van der Waals surface area contributed by atoms with Crippen molar-refractivity contribution >= 4 is 16.7 Å². The minimum atomic E-state index is 1.01. The fourth-order valence-corrected chi connectivity index (χ4v) is 2.07. The average Bonchev–Trinajstić information content (AvgIpc) is 2.36. The molecule has 0 aliphatic heterocycles. The molecule has 0 saturated heterocycles. The van der Waals surface area contributed by atoms with Crippen LogP contribution in [0.5, 0.6) is 0 Å². The van der Waals surface area contributed by atoms with Crippen LogP contribution in [0.2, 0.25) is 0 Å². The number of fused-ring (bicyclic) bond motifs is 1. The van der Waals surface area contributed by atoms with Crippen molar-refractivity contribution in [3.63, 3.8) is 0 Å². The first-order chi connectivity index (χ1) is 7.80. The zero-order chi connectivity index (χ0) is 11.5. The lowest BCUT2D eigenvalue weighted by Gasteiger charge is -2.10. The molecule has 84 valence electrons. The molecule has 1 N–H and O–H groups in total. The molecular weight excluding hydrogens is 196 g/mol. The second-order valence-electron chi connectivity index (χ2n) is 3.94. The number of aromatic nitrogens is 1. The van der Waals surface area contributed by atoms with Crippen LogP contribution in [0, 0.1) is 0 Å². The van der Waals surface area contributed by atoms with Gasteiger partial charge >= 0.3 is 0 Å². The van der Waals surface area contributed by atoms with Crippen molar-refractivity contribution in [3.8, 4) is 0 Å². The zero-order valence-corrected chi connectivity index (χ0v) is 10.2. The number of nitrogens with zero attached hydrogens (tertiary/aromatic N) is 1. The number of rotatable bonds is 3. The van der Waals surface area contributed by atoms with Crippen molar-refractivity contribution in [1.82, 2.24) is 4.98 Å². The van der Waals surface area contributed by atoms with Gasteiger partial charge in [0.15, 0.2) is 0 Å². The van der Waals surface area contributed by atoms with Crippen LogP contribution >= 0.6 is 0 Å². The molecule has 0 saturated carbocycles. The molecule has 0 radical (unpaired) electrons. The molecule has 16 heavy (non-hydrogen) atoms. The van der Waals surface area contributed by atoms with Gasteiger partial charge in [0.25, 0.3) is 0 Å². The van der Waals surface area contributed by atoms with Crippen LogP contribution in [0.1, 0.15) is 25.0 Å². The molecule has 0 amide bonds. The monoisotopic (exact) mass is 214 g/mol. The molecule has 2 nitrogen and oxygen atoms in total. The fraction of sp³-hybridized carbons (Fsp3) is 0.357. The summed E-state index contributed by atoms with van der Waals surface area (Å²) in [5, 5.41) is 4.42. The van der Waals surface area contributed by atoms with E-state index in [0.717, 1.165) is 24.2 Å². The number of aryl methyl sites for hydroxylation is 2. The van der Waals surface area contributed by atoms with Gasteiger partial charge in [-0.2, -0.15) is 0 Å². The first-order valence-corrected chi connectivity index (χ1v) is 5.89. The SMILES string of the molecule is CCc1cc2cccc(CC)c2nc1NC. The lowest BCUT2D eigenvalue weighted by atomic mass is 10.0. The third kappa shape index (κ3) is 1.75. The van der Waals surface area contributed by atoms with Gasteiger partial charge in [0, 0.05) is 12.4 Å². The Bertz CT molecular complexity index is 503. The summed E-state index contributed by atoms with van der Waals surface area (Å²) in [6.45, 7) is 4.33. The van der Waals surface area contributed by atoms with Crippen LogP contribution in [0.4, 0.5) is 5.82 Å². The van der Waals surface area contributed by atoms with Crippen molar-refractivity contribution in [2.45, 2.75) is 26.7 Å². The highest BCUT2D eigenvalue weighted by Crippen LogP contribution is 2.23. The van der Waals surface area contributed by atoms with E-state index in [1.165, 1.54) is 16.5 Å². The van der Waals surface area contributed by atoms with Crippen LogP contribution < -0.4 is 5.32 Å². The van der Waals surface area contributed by atoms with Gasteiger partial charge in [-0.25, -0.2) is 4.98 Å². The molecule has 0 aliphatic carbocycles. The second-order valence-corrected chi connectivity index (χ2v) is 3.94. The third-order valence-corrected chi connectivity index (χ3v) is 3.01. The van der Waals surface area contributed by atoms with Crippen LogP contribution in [-0.2, 0) is 12.8 Å². The Hall–Kier alpha value is -1.57. The van der Waals surface area contributed by atoms with Crippen LogP contribution in [0.25, 0.3) is 10.9 Å². The van der Waals surface area contributed by atoms with Gasteiger partial charge in [-0.1, -0.05) is 32.0 Å². The van der Waals surface area contributed by atoms with E-state index in [4.69, 9.17) is 4.98 Å². The lowest BCUT2D eigenvalue weighted by molar-refractivity contribution is 1.10. The fourth-order valence-electron chi connectivity index (χ4n) is 2.07. The van der Waals surface area contributed by atoms with E-state index in [2.05, 4.69) is 43.4 Å². The van der Waals surface area contributed by atoms with E-state index >= 15 is 0 Å². The average molecular weight is 214 g/mol. The molecule has 0 atom stereocenters. The van der Waals surface area contributed by atoms with Gasteiger partial charge in [-0.15, -0.1) is 0 Å². The summed E-state index contributed by atoms with van der Waals surface area (Å²) in [5.41, 5.74) is 3.73. The largest absolute Gasteiger partial charge is 0.373 e. The Kier molecular flexibility index (Phi) is 3.09. The van der Waals surface area contributed by atoms with Crippen LogP contribution in [0.3, 0.4) is 0 Å². The minimum absolute atomic E-state index is 1.01. The molecule has 2 rings (SSSR count). The Morgan fingerprint density at radius 2 is 1.88 bits per heavy atom. The van der Waals surface area contributed by atoms with E-state index < -0.39 is 0 Å². The molecule has 1 aromatic carbocycles. The predicted octanol–water partition coefficient (Wildman–Crippen LogP) is 3.40. The number of nitrogens with one attached hydrogen (secondary N) is 1. The molecule has 0 fully saturated rings. The Labute approximate surface area is 96.7 Å². The Morgan fingerprint density at radius 3 is 2.50 bits per heavy atom. The summed E-state index contributed by atoms with van der Waals surface area (Å²) in [7, 11) is 1.93. The summed E-state index contributed by atoms with van der Waals surface area (Å²) < 4.78 is 0. The van der Waals surface area contributed by atoms with E-state index in [1.807, 2.05) is 7.05 Å². The highest BCUT2D eigenvalue weighted by Gasteiger charge is 2.06. The van der Waals surface area contributed by atoms with Crippen molar-refractivity contribution in [3.05, 3.63) is 35.4 Å². The summed E-state index contributed by atoms with van der Waals surface area (Å²) in [4.78, 5) is 4.72. The first kappa shape index (κ1) is 10.9. The maximum Gasteiger partial charge on any atom is 0.129 e. The third-order valence-electron chi connectivity index (χ3n) is 3.01. The number of benzene rings is 1. The highest BCUT2D eigenvalue weighted by atomic mass is 15.0. The molecule has 1 aromatic heterocycles. The maximum absolute atomic E-state index is 4.72. The molecular formula is C14H18N2. The van der Waals surface area contributed by atoms with Gasteiger partial charge in [0.05, 0.1) is 5.52 Å². The minimum Gasteiger partial charge on any atom is -0.373 e. The second kappa shape index (κ2) is 4.52. The van der Waals surface area contributed by atoms with Gasteiger partial charge < -0.3 is 5.32 Å². The van der Waals surface area contributed by atoms with E-state index in [0.29, 0.717) is 0 Å². The topological polar surface area (TPSA) is 24.9 Å². The van der Waals surface area contributed by atoms with Crippen LogP contribution in [-0.4, -0.2) is 12.0 Å². The smallest absolute Gasteiger partial charge is 0.129 e. The Balaban J connectivity index is 2.72. The van der Waals surface area contributed by atoms with Crippen molar-refractivity contribution in [1.29, 1.82) is 0 Å². The summed E-state index contributed by atoms with van der Waals surface area (Å²) >= 11 is 0. The highest BCUT2D eigenvalue weighted by molar-refractivity contribution is 5.84. The Morgan fingerprint density at radius 1 is 1.12 bits per heavy atom. The normalized spacial score (nSPS) is 10.7. The summed E-state index contributed by atoms with van der Waals surface area (Å²) in [6, 6.07) is 8.65. The van der Waals surface area contributed by atoms with Crippen molar-refractivity contribution in [2.75, 3.05) is 12.4 Å². The van der Waals surface area contributed by atoms with Gasteiger partial charge in [-0.05, 0) is 30.0 Å². The maximum atomic E-state index is 4.72. The van der Waals surface area contributed by atoms with E-state index in [9.17, 15) is 0 Å². The summed E-state index contributed by atoms with van der Waals surface area (Å²) in [5.74, 6) is 1.01. The predicted molar refractivity (Wildman–Crippen MR) is 70.0 cm³/mol. The molecule has 1 heterocycles. The van der Waals surface area contributed by atoms with E-state index in [-0.39, 0.29) is 0 Å². The zero-order valence-electron chi connectivity index (χ0n) is 10.2. The number of para-hydroxylation sites is 1. The first-order valence-electron chi connectivity index (χ1n) is 5.89. The number of anilines is 1.